The molecule has 0 aromatic carbocycles. The molecule has 0 saturated carbocycles. The van der Waals surface area contributed by atoms with Crippen LogP contribution in [0.1, 0.15) is 22.9 Å². The highest BCUT2D eigenvalue weighted by atomic mass is 79.9. The molecule has 2 heterocycles. The van der Waals surface area contributed by atoms with E-state index in [2.05, 4.69) is 39.6 Å². The molecule has 2 nitrogen and oxygen atoms in total. The molecular weight excluding hydrogens is 352 g/mol. The summed E-state index contributed by atoms with van der Waals surface area (Å²) >= 11 is 5.32. The van der Waals surface area contributed by atoms with Crippen LogP contribution < -0.4 is 21.5 Å². The van der Waals surface area contributed by atoms with Gasteiger partial charge < -0.3 is 17.0 Å². The van der Waals surface area contributed by atoms with Gasteiger partial charge in [0.1, 0.15) is 11.6 Å². The van der Waals surface area contributed by atoms with Crippen molar-refractivity contribution >= 4 is 27.7 Å². The minimum atomic E-state index is 0. The highest BCUT2D eigenvalue weighted by Gasteiger charge is 2.35. The molecule has 0 radical (unpaired) electrons. The zero-order valence-corrected chi connectivity index (χ0v) is 13.1. The molecule has 0 N–H and O–H groups in total. The lowest BCUT2D eigenvalue weighted by Gasteiger charge is -2.06. The highest BCUT2D eigenvalue weighted by Crippen LogP contribution is 2.31. The van der Waals surface area contributed by atoms with E-state index >= 15 is 0 Å². The van der Waals surface area contributed by atoms with Crippen LogP contribution in [0.15, 0.2) is 11.1 Å². The van der Waals surface area contributed by atoms with Crippen molar-refractivity contribution in [2.75, 3.05) is 11.1 Å². The lowest BCUT2D eigenvalue weighted by Crippen LogP contribution is -3.00. The van der Waals surface area contributed by atoms with Crippen molar-refractivity contribution in [3.8, 4) is 6.07 Å². The predicted molar refractivity (Wildman–Crippen MR) is 64.4 cm³/mol. The molecule has 0 bridgehead atoms. The lowest BCUT2D eigenvalue weighted by molar-refractivity contribution is -0.748. The minimum absolute atomic E-state index is 0. The molecule has 0 spiro atoms. The van der Waals surface area contributed by atoms with Crippen LogP contribution in [0.5, 0.6) is 0 Å². The van der Waals surface area contributed by atoms with Crippen molar-refractivity contribution in [3.05, 3.63) is 22.9 Å². The first-order chi connectivity index (χ1) is 7.19. The maximum atomic E-state index is 9.14. The number of aromatic nitrogens is 1. The van der Waals surface area contributed by atoms with Crippen LogP contribution in [0.25, 0.3) is 0 Å². The summed E-state index contributed by atoms with van der Waals surface area (Å²) in [7, 11) is 0. The smallest absolute Gasteiger partial charge is 0.259 e. The van der Waals surface area contributed by atoms with Crippen molar-refractivity contribution in [2.24, 2.45) is 0 Å². The van der Waals surface area contributed by atoms with Gasteiger partial charge in [-0.05, 0) is 24.2 Å². The maximum absolute atomic E-state index is 9.14. The summed E-state index contributed by atoms with van der Waals surface area (Å²) in [5.74, 6) is 1.06. The number of aryl methyl sites for hydroxylation is 2. The first kappa shape index (κ1) is 14.0. The molecule has 86 valence electrons. The number of fused-ring (bicyclic) bond motifs is 1. The van der Waals surface area contributed by atoms with Crippen LogP contribution in [0, 0.1) is 25.2 Å². The van der Waals surface area contributed by atoms with Crippen molar-refractivity contribution in [2.45, 2.75) is 24.9 Å². The number of nitrogens with zero attached hydrogens (tertiary/aromatic N) is 2. The molecule has 1 unspecified atom stereocenters. The van der Waals surface area contributed by atoms with E-state index in [0.717, 1.165) is 27.2 Å². The van der Waals surface area contributed by atoms with E-state index in [0.29, 0.717) is 6.04 Å². The zero-order valence-electron chi connectivity index (χ0n) is 9.13. The Morgan fingerprint density at radius 1 is 1.62 bits per heavy atom. The molecular formula is C11H12Br2N2S. The molecule has 5 heteroatoms. The summed E-state index contributed by atoms with van der Waals surface area (Å²) in [5.41, 5.74) is 3.17. The van der Waals surface area contributed by atoms with E-state index in [1.54, 1.807) is 11.8 Å². The van der Waals surface area contributed by atoms with Gasteiger partial charge in [0.25, 0.3) is 5.03 Å². The number of halogens is 2. The largest absolute Gasteiger partial charge is 1.00 e. The quantitative estimate of drug-likeness (QED) is 0.497. The van der Waals surface area contributed by atoms with Crippen LogP contribution in [-0.2, 0) is 0 Å². The van der Waals surface area contributed by atoms with Gasteiger partial charge in [0.15, 0.2) is 11.7 Å². The predicted octanol–water partition coefficient (Wildman–Crippen LogP) is -0.492. The molecule has 1 aromatic rings. The van der Waals surface area contributed by atoms with E-state index in [1.165, 1.54) is 5.69 Å². The van der Waals surface area contributed by atoms with Crippen molar-refractivity contribution < 1.29 is 21.5 Å². The first-order valence-corrected chi connectivity index (χ1v) is 6.94. The Morgan fingerprint density at radius 2 is 2.31 bits per heavy atom. The molecule has 1 aliphatic heterocycles. The standard InChI is InChI=1S/C11H12BrN2S.BrH/c1-7-3-8(2)14-9(4-12)6-15-11(14)10(7)5-13;/h3,9H,4,6H2,1-2H3;1H/q+1;/p-1. The molecule has 0 saturated heterocycles. The van der Waals surface area contributed by atoms with Gasteiger partial charge in [-0.1, -0.05) is 15.9 Å². The summed E-state index contributed by atoms with van der Waals surface area (Å²) in [6, 6.07) is 4.90. The third-order valence-electron chi connectivity index (χ3n) is 2.70. The van der Waals surface area contributed by atoms with Crippen molar-refractivity contribution in [3.63, 3.8) is 0 Å². The Labute approximate surface area is 119 Å². The van der Waals surface area contributed by atoms with E-state index < -0.39 is 0 Å². The second kappa shape index (κ2) is 5.52. The van der Waals surface area contributed by atoms with Gasteiger partial charge in [0.05, 0.1) is 11.1 Å². The summed E-state index contributed by atoms with van der Waals surface area (Å²) in [6.45, 7) is 4.12. The number of pyridine rings is 1. The number of alkyl halides is 1. The molecule has 2 rings (SSSR count). The fourth-order valence-electron chi connectivity index (χ4n) is 2.00. The Bertz CT molecular complexity index is 454. The molecule has 16 heavy (non-hydrogen) atoms. The average molecular weight is 364 g/mol. The van der Waals surface area contributed by atoms with Gasteiger partial charge >= 0.3 is 0 Å². The average Bonchev–Trinajstić information content (AvgIpc) is 2.62. The summed E-state index contributed by atoms with van der Waals surface area (Å²) < 4.78 is 2.28. The molecule has 1 aliphatic rings. The van der Waals surface area contributed by atoms with Gasteiger partial charge in [0, 0.05) is 13.0 Å². The zero-order chi connectivity index (χ0) is 11.0. The van der Waals surface area contributed by atoms with E-state index in [9.17, 15) is 0 Å². The normalized spacial score (nSPS) is 17.5. The van der Waals surface area contributed by atoms with E-state index in [4.69, 9.17) is 5.26 Å². The van der Waals surface area contributed by atoms with Crippen molar-refractivity contribution in [1.82, 2.24) is 0 Å². The lowest BCUT2D eigenvalue weighted by atomic mass is 10.1. The highest BCUT2D eigenvalue weighted by molar-refractivity contribution is 9.09. The maximum Gasteiger partial charge on any atom is 0.259 e. The van der Waals surface area contributed by atoms with Gasteiger partial charge in [-0.25, -0.2) is 0 Å². The number of thioether (sulfide) groups is 1. The SMILES string of the molecule is Cc1cc(C)[n+]2c(c1C#N)SCC2CBr.[Br-]. The third kappa shape index (κ3) is 2.15. The fourth-order valence-corrected chi connectivity index (χ4v) is 4.22. The van der Waals surface area contributed by atoms with Gasteiger partial charge in [-0.15, -0.1) is 0 Å². The van der Waals surface area contributed by atoms with Crippen LogP contribution >= 0.6 is 27.7 Å². The fraction of sp³-hybridized carbons (Fsp3) is 0.455. The third-order valence-corrected chi connectivity index (χ3v) is 4.67. The van der Waals surface area contributed by atoms with E-state index in [1.807, 2.05) is 6.92 Å². The molecule has 0 amide bonds. The Balaban J connectivity index is 0.00000128. The summed E-state index contributed by atoms with van der Waals surface area (Å²) in [5, 5.41) is 11.2. The molecule has 0 fully saturated rings. The Morgan fingerprint density at radius 3 is 2.88 bits per heavy atom. The monoisotopic (exact) mass is 362 g/mol. The van der Waals surface area contributed by atoms with E-state index in [-0.39, 0.29) is 17.0 Å². The molecule has 1 aromatic heterocycles. The summed E-state index contributed by atoms with van der Waals surface area (Å²) in [4.78, 5) is 0. The van der Waals surface area contributed by atoms with Crippen LogP contribution in [0.3, 0.4) is 0 Å². The number of nitriles is 1. The summed E-state index contributed by atoms with van der Waals surface area (Å²) in [6.07, 6.45) is 0. The number of rotatable bonds is 1. The van der Waals surface area contributed by atoms with Gasteiger partial charge in [0.2, 0.25) is 0 Å². The van der Waals surface area contributed by atoms with Crippen molar-refractivity contribution in [1.29, 1.82) is 5.26 Å². The second-order valence-electron chi connectivity index (χ2n) is 3.75. The minimum Gasteiger partial charge on any atom is -1.00 e. The topological polar surface area (TPSA) is 27.7 Å². The molecule has 1 atom stereocenters. The van der Waals surface area contributed by atoms with Gasteiger partial charge in [-0.3, -0.25) is 0 Å². The Kier molecular flexibility index (Phi) is 4.84. The first-order valence-electron chi connectivity index (χ1n) is 4.83. The Hall–Kier alpha value is -0.0500. The van der Waals surface area contributed by atoms with Crippen LogP contribution in [0.4, 0.5) is 0 Å². The van der Waals surface area contributed by atoms with Crippen LogP contribution in [-0.4, -0.2) is 11.1 Å². The second-order valence-corrected chi connectivity index (χ2v) is 5.41. The van der Waals surface area contributed by atoms with Gasteiger partial charge in [-0.2, -0.15) is 9.83 Å². The van der Waals surface area contributed by atoms with Crippen LogP contribution in [0.2, 0.25) is 0 Å². The number of hydrogen-bond acceptors (Lipinski definition) is 2. The number of hydrogen-bond donors (Lipinski definition) is 0. The molecule has 0 aliphatic carbocycles.